The zero-order valence-electron chi connectivity index (χ0n) is 16.1. The van der Waals surface area contributed by atoms with Gasteiger partial charge in [0, 0.05) is 49.4 Å². The number of rotatable bonds is 3. The van der Waals surface area contributed by atoms with Gasteiger partial charge in [-0.2, -0.15) is 0 Å². The maximum absolute atomic E-state index is 13.1. The number of amides is 1. The molecule has 0 bridgehead atoms. The molecule has 1 aliphatic heterocycles. The summed E-state index contributed by atoms with van der Waals surface area (Å²) >= 11 is 6.47. The number of halogens is 2. The SMILES string of the molecule is CC(N)c1cc(Cl)c2cccnc2c1N1CCN(C(=O)c2ccc(F)cc2)CC1. The number of piperazine rings is 1. The fraction of sp³-hybridized carbons (Fsp3) is 0.273. The molecule has 29 heavy (non-hydrogen) atoms. The van der Waals surface area contributed by atoms with Gasteiger partial charge in [-0.25, -0.2) is 4.39 Å². The Morgan fingerprint density at radius 2 is 1.86 bits per heavy atom. The van der Waals surface area contributed by atoms with Crippen LogP contribution in [-0.4, -0.2) is 42.0 Å². The van der Waals surface area contributed by atoms with E-state index in [2.05, 4.69) is 9.88 Å². The highest BCUT2D eigenvalue weighted by atomic mass is 35.5. The Kier molecular flexibility index (Phi) is 5.39. The smallest absolute Gasteiger partial charge is 0.253 e. The van der Waals surface area contributed by atoms with Crippen LogP contribution in [0.4, 0.5) is 10.1 Å². The summed E-state index contributed by atoms with van der Waals surface area (Å²) in [7, 11) is 0. The largest absolute Gasteiger partial charge is 0.366 e. The Morgan fingerprint density at radius 3 is 2.52 bits per heavy atom. The molecular weight excluding hydrogens is 391 g/mol. The molecule has 3 aromatic rings. The molecule has 5 nitrogen and oxygen atoms in total. The Bertz CT molecular complexity index is 1050. The number of hydrogen-bond acceptors (Lipinski definition) is 4. The van der Waals surface area contributed by atoms with Gasteiger partial charge in [0.1, 0.15) is 5.82 Å². The number of hydrogen-bond donors (Lipinski definition) is 1. The summed E-state index contributed by atoms with van der Waals surface area (Å²) < 4.78 is 13.1. The third-order valence-electron chi connectivity index (χ3n) is 5.31. The van der Waals surface area contributed by atoms with Gasteiger partial charge < -0.3 is 15.5 Å². The molecule has 2 aromatic carbocycles. The fourth-order valence-electron chi connectivity index (χ4n) is 3.79. The Balaban J connectivity index is 1.61. The molecule has 0 aliphatic carbocycles. The van der Waals surface area contributed by atoms with E-state index in [0.29, 0.717) is 36.8 Å². The van der Waals surface area contributed by atoms with E-state index >= 15 is 0 Å². The highest BCUT2D eigenvalue weighted by molar-refractivity contribution is 6.36. The molecule has 1 atom stereocenters. The first kappa shape index (κ1) is 19.6. The number of anilines is 1. The minimum atomic E-state index is -0.350. The second-order valence-corrected chi connectivity index (χ2v) is 7.68. The summed E-state index contributed by atoms with van der Waals surface area (Å²) in [5.41, 5.74) is 9.48. The van der Waals surface area contributed by atoms with Crippen molar-refractivity contribution in [2.24, 2.45) is 5.73 Å². The van der Waals surface area contributed by atoms with Crippen LogP contribution < -0.4 is 10.6 Å². The van der Waals surface area contributed by atoms with Crippen molar-refractivity contribution in [3.05, 3.63) is 70.6 Å². The molecule has 0 spiro atoms. The highest BCUT2D eigenvalue weighted by Gasteiger charge is 2.26. The number of carbonyl (C=O) groups is 1. The van der Waals surface area contributed by atoms with Crippen LogP contribution in [0.3, 0.4) is 0 Å². The van der Waals surface area contributed by atoms with Gasteiger partial charge >= 0.3 is 0 Å². The number of pyridine rings is 1. The van der Waals surface area contributed by atoms with E-state index in [1.54, 1.807) is 11.1 Å². The van der Waals surface area contributed by atoms with Gasteiger partial charge in [0.25, 0.3) is 5.91 Å². The average Bonchev–Trinajstić information content (AvgIpc) is 2.74. The summed E-state index contributed by atoms with van der Waals surface area (Å²) in [6.07, 6.45) is 1.75. The van der Waals surface area contributed by atoms with Crippen molar-refractivity contribution in [3.8, 4) is 0 Å². The van der Waals surface area contributed by atoms with Gasteiger partial charge in [0.15, 0.2) is 0 Å². The zero-order valence-corrected chi connectivity index (χ0v) is 16.9. The first-order valence-corrected chi connectivity index (χ1v) is 9.96. The van der Waals surface area contributed by atoms with Crippen LogP contribution in [0, 0.1) is 5.82 Å². The second-order valence-electron chi connectivity index (χ2n) is 7.27. The minimum Gasteiger partial charge on any atom is -0.366 e. The van der Waals surface area contributed by atoms with Crippen molar-refractivity contribution in [1.29, 1.82) is 0 Å². The maximum Gasteiger partial charge on any atom is 0.253 e. The average molecular weight is 413 g/mol. The molecule has 0 saturated carbocycles. The van der Waals surface area contributed by atoms with E-state index in [9.17, 15) is 9.18 Å². The molecule has 1 fully saturated rings. The van der Waals surface area contributed by atoms with E-state index in [1.165, 1.54) is 24.3 Å². The van der Waals surface area contributed by atoms with Crippen molar-refractivity contribution < 1.29 is 9.18 Å². The third-order valence-corrected chi connectivity index (χ3v) is 5.62. The zero-order chi connectivity index (χ0) is 20.5. The number of fused-ring (bicyclic) bond motifs is 1. The van der Waals surface area contributed by atoms with Gasteiger partial charge in [-0.05, 0) is 55.0 Å². The fourth-order valence-corrected chi connectivity index (χ4v) is 4.06. The summed E-state index contributed by atoms with van der Waals surface area (Å²) in [5, 5.41) is 1.52. The van der Waals surface area contributed by atoms with Gasteiger partial charge in [-0.1, -0.05) is 11.6 Å². The molecule has 4 rings (SSSR count). The van der Waals surface area contributed by atoms with Gasteiger partial charge in [-0.15, -0.1) is 0 Å². The summed E-state index contributed by atoms with van der Waals surface area (Å²) in [5.74, 6) is -0.437. The number of aromatic nitrogens is 1. The molecule has 1 unspecified atom stereocenters. The van der Waals surface area contributed by atoms with Crippen LogP contribution in [0.25, 0.3) is 10.9 Å². The lowest BCUT2D eigenvalue weighted by molar-refractivity contribution is 0.0747. The third kappa shape index (κ3) is 3.78. The van der Waals surface area contributed by atoms with Crippen LogP contribution >= 0.6 is 11.6 Å². The van der Waals surface area contributed by atoms with E-state index in [-0.39, 0.29) is 17.8 Å². The first-order chi connectivity index (χ1) is 14.0. The van der Waals surface area contributed by atoms with Gasteiger partial charge in [0.2, 0.25) is 0 Å². The van der Waals surface area contributed by atoms with Crippen LogP contribution in [0.5, 0.6) is 0 Å². The monoisotopic (exact) mass is 412 g/mol. The number of nitrogens with zero attached hydrogens (tertiary/aromatic N) is 3. The van der Waals surface area contributed by atoms with E-state index in [1.807, 2.05) is 25.1 Å². The second kappa shape index (κ2) is 7.97. The maximum atomic E-state index is 13.1. The molecule has 2 heterocycles. The van der Waals surface area contributed by atoms with Gasteiger partial charge in [-0.3, -0.25) is 9.78 Å². The van der Waals surface area contributed by atoms with Crippen molar-refractivity contribution in [3.63, 3.8) is 0 Å². The molecule has 7 heteroatoms. The van der Waals surface area contributed by atoms with Crippen molar-refractivity contribution in [2.75, 3.05) is 31.1 Å². The Hall–Kier alpha value is -2.70. The normalized spacial score (nSPS) is 15.6. The molecule has 1 aromatic heterocycles. The van der Waals surface area contributed by atoms with E-state index in [0.717, 1.165) is 22.2 Å². The van der Waals surface area contributed by atoms with Crippen molar-refractivity contribution >= 4 is 34.1 Å². The molecule has 150 valence electrons. The summed E-state index contributed by atoms with van der Waals surface area (Å²) in [6, 6.07) is 11.2. The summed E-state index contributed by atoms with van der Waals surface area (Å²) in [6.45, 7) is 4.36. The molecule has 2 N–H and O–H groups in total. The van der Waals surface area contributed by atoms with Crippen molar-refractivity contribution in [1.82, 2.24) is 9.88 Å². The number of nitrogens with two attached hydrogens (primary N) is 1. The molecule has 1 saturated heterocycles. The molecule has 0 radical (unpaired) electrons. The van der Waals surface area contributed by atoms with Gasteiger partial charge in [0.05, 0.1) is 16.2 Å². The first-order valence-electron chi connectivity index (χ1n) is 9.58. The summed E-state index contributed by atoms with van der Waals surface area (Å²) in [4.78, 5) is 21.3. The predicted octanol–water partition coefficient (Wildman–Crippen LogP) is 4.01. The minimum absolute atomic E-state index is 0.0869. The van der Waals surface area contributed by atoms with E-state index < -0.39 is 0 Å². The van der Waals surface area contributed by atoms with Crippen LogP contribution in [0.2, 0.25) is 5.02 Å². The Labute approximate surface area is 173 Å². The van der Waals surface area contributed by atoms with Crippen molar-refractivity contribution in [2.45, 2.75) is 13.0 Å². The van der Waals surface area contributed by atoms with Crippen LogP contribution in [0.1, 0.15) is 28.9 Å². The predicted molar refractivity (Wildman–Crippen MR) is 114 cm³/mol. The van der Waals surface area contributed by atoms with Crippen LogP contribution in [-0.2, 0) is 0 Å². The topological polar surface area (TPSA) is 62.5 Å². The molecule has 1 aliphatic rings. The number of carbonyl (C=O) groups excluding carboxylic acids is 1. The lowest BCUT2D eigenvalue weighted by Crippen LogP contribution is -2.49. The molecule has 1 amide bonds. The quantitative estimate of drug-likeness (QED) is 0.706. The Morgan fingerprint density at radius 1 is 1.17 bits per heavy atom. The molecular formula is C22H22ClFN4O. The lowest BCUT2D eigenvalue weighted by atomic mass is 10.0. The standard InChI is InChI=1S/C22H22ClFN4O/c1-14(25)18-13-19(23)17-3-2-8-26-20(17)21(18)27-9-11-28(12-10-27)22(29)15-4-6-16(24)7-5-15/h2-8,13-14H,9-12,25H2,1H3. The van der Waals surface area contributed by atoms with E-state index in [4.69, 9.17) is 17.3 Å². The van der Waals surface area contributed by atoms with Crippen LogP contribution in [0.15, 0.2) is 48.7 Å². The highest BCUT2D eigenvalue weighted by Crippen LogP contribution is 2.37. The lowest BCUT2D eigenvalue weighted by Gasteiger charge is -2.38. The number of benzene rings is 2.